The fourth-order valence-electron chi connectivity index (χ4n) is 2.86. The van der Waals surface area contributed by atoms with Crippen LogP contribution in [0, 0.1) is 0 Å². The topological polar surface area (TPSA) is 79.8 Å². The minimum atomic E-state index is -0.681. The fourth-order valence-corrected chi connectivity index (χ4v) is 2.86. The van der Waals surface area contributed by atoms with Gasteiger partial charge < -0.3 is 25.2 Å². The molecule has 0 saturated carbocycles. The molecule has 0 aromatic heterocycles. The molecular weight excluding hydrogens is 380 g/mol. The first-order chi connectivity index (χ1) is 14.7. The molecule has 0 heterocycles. The summed E-state index contributed by atoms with van der Waals surface area (Å²) in [7, 11) is 1.58. The van der Waals surface area contributed by atoms with Gasteiger partial charge in [0.1, 0.15) is 24.2 Å². The summed E-state index contributed by atoms with van der Waals surface area (Å²) >= 11 is 0. The number of hydrogen-bond acceptors (Lipinski definition) is 5. The van der Waals surface area contributed by atoms with Gasteiger partial charge in [0, 0.05) is 18.7 Å². The lowest BCUT2D eigenvalue weighted by Crippen LogP contribution is -2.31. The van der Waals surface area contributed by atoms with E-state index in [9.17, 15) is 9.90 Å². The van der Waals surface area contributed by atoms with Crippen LogP contribution in [-0.4, -0.2) is 37.4 Å². The average Bonchev–Trinajstić information content (AvgIpc) is 2.79. The third-order valence-corrected chi connectivity index (χ3v) is 4.47. The maximum atomic E-state index is 12.5. The number of anilines is 1. The normalized spacial score (nSPS) is 11.5. The van der Waals surface area contributed by atoms with Gasteiger partial charge in [-0.3, -0.25) is 4.79 Å². The lowest BCUT2D eigenvalue weighted by Gasteiger charge is -2.16. The number of rotatable bonds is 10. The quantitative estimate of drug-likeness (QED) is 0.480. The number of benzene rings is 3. The summed E-state index contributed by atoms with van der Waals surface area (Å²) in [6, 6.07) is 24.0. The Morgan fingerprint density at radius 1 is 0.967 bits per heavy atom. The van der Waals surface area contributed by atoms with E-state index in [-0.39, 0.29) is 12.5 Å². The van der Waals surface area contributed by atoms with Crippen LogP contribution >= 0.6 is 0 Å². The highest BCUT2D eigenvalue weighted by molar-refractivity contribution is 6.05. The SMILES string of the molecule is COc1ccc(C(=O)Nc2ccccc2OCC(O)CNCc2ccccc2)cc1. The molecule has 1 atom stereocenters. The van der Waals surface area contributed by atoms with Gasteiger partial charge in [0.05, 0.1) is 12.8 Å². The van der Waals surface area contributed by atoms with Crippen LogP contribution in [0.3, 0.4) is 0 Å². The molecule has 0 aliphatic carbocycles. The second kappa shape index (κ2) is 11.0. The summed E-state index contributed by atoms with van der Waals surface area (Å²) in [6.07, 6.45) is -0.681. The third kappa shape index (κ3) is 6.34. The number of carbonyl (C=O) groups is 1. The Kier molecular flexibility index (Phi) is 7.83. The fraction of sp³-hybridized carbons (Fsp3) is 0.208. The molecule has 3 aromatic carbocycles. The monoisotopic (exact) mass is 406 g/mol. The van der Waals surface area contributed by atoms with Crippen LogP contribution in [0.5, 0.6) is 11.5 Å². The Morgan fingerprint density at radius 3 is 2.40 bits per heavy atom. The van der Waals surface area contributed by atoms with Gasteiger partial charge in [-0.15, -0.1) is 0 Å². The number of ether oxygens (including phenoxy) is 2. The number of methoxy groups -OCH3 is 1. The van der Waals surface area contributed by atoms with Crippen molar-refractivity contribution >= 4 is 11.6 Å². The average molecular weight is 406 g/mol. The molecule has 1 amide bonds. The smallest absolute Gasteiger partial charge is 0.255 e. The van der Waals surface area contributed by atoms with E-state index in [1.54, 1.807) is 43.5 Å². The molecule has 1 unspecified atom stereocenters. The van der Waals surface area contributed by atoms with Crippen molar-refractivity contribution < 1.29 is 19.4 Å². The summed E-state index contributed by atoms with van der Waals surface area (Å²) < 4.78 is 10.9. The van der Waals surface area contributed by atoms with E-state index < -0.39 is 6.10 Å². The zero-order valence-electron chi connectivity index (χ0n) is 16.9. The van der Waals surface area contributed by atoms with Crippen molar-refractivity contribution in [1.82, 2.24) is 5.32 Å². The van der Waals surface area contributed by atoms with Crippen LogP contribution in [0.2, 0.25) is 0 Å². The maximum absolute atomic E-state index is 12.5. The summed E-state index contributed by atoms with van der Waals surface area (Å²) in [6.45, 7) is 1.18. The zero-order chi connectivity index (χ0) is 21.2. The minimum absolute atomic E-state index is 0.108. The summed E-state index contributed by atoms with van der Waals surface area (Å²) in [5, 5.41) is 16.3. The molecule has 6 heteroatoms. The molecule has 0 aliphatic rings. The standard InChI is InChI=1S/C24H26N2O4/c1-29-21-13-11-19(12-14-21)24(28)26-22-9-5-6-10-23(22)30-17-20(27)16-25-15-18-7-3-2-4-8-18/h2-14,20,25,27H,15-17H2,1H3,(H,26,28). The Balaban J connectivity index is 1.51. The van der Waals surface area contributed by atoms with E-state index in [4.69, 9.17) is 9.47 Å². The first-order valence-electron chi connectivity index (χ1n) is 9.75. The lowest BCUT2D eigenvalue weighted by atomic mass is 10.2. The predicted molar refractivity (Wildman–Crippen MR) is 117 cm³/mol. The minimum Gasteiger partial charge on any atom is -0.497 e. The van der Waals surface area contributed by atoms with Crippen molar-refractivity contribution in [3.05, 3.63) is 90.0 Å². The molecular formula is C24H26N2O4. The Labute approximate surface area is 176 Å². The van der Waals surface area contributed by atoms with Crippen LogP contribution in [0.1, 0.15) is 15.9 Å². The van der Waals surface area contributed by atoms with Gasteiger partial charge in [0.25, 0.3) is 5.91 Å². The molecule has 0 bridgehead atoms. The molecule has 3 aromatic rings. The van der Waals surface area contributed by atoms with Crippen LogP contribution in [0.4, 0.5) is 5.69 Å². The highest BCUT2D eigenvalue weighted by Crippen LogP contribution is 2.25. The van der Waals surface area contributed by atoms with E-state index in [2.05, 4.69) is 10.6 Å². The van der Waals surface area contributed by atoms with Gasteiger partial charge in [0.15, 0.2) is 0 Å². The molecule has 30 heavy (non-hydrogen) atoms. The Hall–Kier alpha value is -3.35. The first-order valence-corrected chi connectivity index (χ1v) is 9.75. The van der Waals surface area contributed by atoms with Gasteiger partial charge in [-0.25, -0.2) is 0 Å². The number of carbonyl (C=O) groups excluding carboxylic acids is 1. The third-order valence-electron chi connectivity index (χ3n) is 4.47. The van der Waals surface area contributed by atoms with Gasteiger partial charge in [-0.1, -0.05) is 42.5 Å². The van der Waals surface area contributed by atoms with Gasteiger partial charge in [-0.05, 0) is 42.0 Å². The second-order valence-electron chi connectivity index (χ2n) is 6.76. The largest absolute Gasteiger partial charge is 0.497 e. The lowest BCUT2D eigenvalue weighted by molar-refractivity contribution is 0.102. The van der Waals surface area contributed by atoms with Crippen molar-refractivity contribution in [2.24, 2.45) is 0 Å². The summed E-state index contributed by atoms with van der Waals surface area (Å²) in [5.41, 5.74) is 2.20. The van der Waals surface area contributed by atoms with Crippen molar-refractivity contribution in [3.63, 3.8) is 0 Å². The number of amides is 1. The maximum Gasteiger partial charge on any atom is 0.255 e. The van der Waals surface area contributed by atoms with Gasteiger partial charge in [-0.2, -0.15) is 0 Å². The molecule has 3 rings (SSSR count). The van der Waals surface area contributed by atoms with Crippen molar-refractivity contribution in [1.29, 1.82) is 0 Å². The van der Waals surface area contributed by atoms with Crippen LogP contribution in [0.25, 0.3) is 0 Å². The molecule has 3 N–H and O–H groups in total. The van der Waals surface area contributed by atoms with Crippen LogP contribution in [-0.2, 0) is 6.54 Å². The highest BCUT2D eigenvalue weighted by Gasteiger charge is 2.12. The van der Waals surface area contributed by atoms with Gasteiger partial charge in [0.2, 0.25) is 0 Å². The van der Waals surface area contributed by atoms with Crippen molar-refractivity contribution in [2.75, 3.05) is 25.6 Å². The number of nitrogens with one attached hydrogen (secondary N) is 2. The van der Waals surface area contributed by atoms with E-state index in [0.29, 0.717) is 35.8 Å². The molecule has 6 nitrogen and oxygen atoms in total. The van der Waals surface area contributed by atoms with Crippen LogP contribution < -0.4 is 20.1 Å². The molecule has 0 radical (unpaired) electrons. The highest BCUT2D eigenvalue weighted by atomic mass is 16.5. The molecule has 0 spiro atoms. The van der Waals surface area contributed by atoms with E-state index in [1.165, 1.54) is 0 Å². The van der Waals surface area contributed by atoms with Gasteiger partial charge >= 0.3 is 0 Å². The number of aliphatic hydroxyl groups is 1. The van der Waals surface area contributed by atoms with Crippen molar-refractivity contribution in [2.45, 2.75) is 12.6 Å². The Morgan fingerprint density at radius 2 is 1.67 bits per heavy atom. The Bertz CT molecular complexity index is 929. The molecule has 156 valence electrons. The first kappa shape index (κ1) is 21.4. The van der Waals surface area contributed by atoms with Crippen molar-refractivity contribution in [3.8, 4) is 11.5 Å². The number of para-hydroxylation sites is 2. The second-order valence-corrected chi connectivity index (χ2v) is 6.76. The molecule has 0 fully saturated rings. The van der Waals surface area contributed by atoms with E-state index in [1.807, 2.05) is 42.5 Å². The van der Waals surface area contributed by atoms with E-state index >= 15 is 0 Å². The summed E-state index contributed by atoms with van der Waals surface area (Å²) in [4.78, 5) is 12.5. The zero-order valence-corrected chi connectivity index (χ0v) is 16.9. The number of hydrogen-bond donors (Lipinski definition) is 3. The number of aliphatic hydroxyl groups excluding tert-OH is 1. The molecule has 0 saturated heterocycles. The van der Waals surface area contributed by atoms with Crippen LogP contribution in [0.15, 0.2) is 78.9 Å². The van der Waals surface area contributed by atoms with E-state index in [0.717, 1.165) is 5.56 Å². The predicted octanol–water partition coefficient (Wildman–Crippen LogP) is 3.48. The summed E-state index contributed by atoms with van der Waals surface area (Å²) in [5.74, 6) is 0.936. The molecule has 0 aliphatic heterocycles.